The zero-order valence-electron chi connectivity index (χ0n) is 40.8. The second-order valence-electron chi connectivity index (χ2n) is 14.5. The number of carboxylic acid groups (broad SMARTS) is 1. The Morgan fingerprint density at radius 2 is 1.18 bits per heavy atom. The van der Waals surface area contributed by atoms with Crippen molar-refractivity contribution in [3.8, 4) is 0 Å². The van der Waals surface area contributed by atoms with E-state index < -0.39 is 22.5 Å². The van der Waals surface area contributed by atoms with E-state index in [1.165, 1.54) is 24.9 Å². The van der Waals surface area contributed by atoms with Crippen LogP contribution in [0.2, 0.25) is 0 Å². The number of hydrogen-bond donors (Lipinski definition) is 4. The highest BCUT2D eigenvalue weighted by Gasteiger charge is 2.19. The van der Waals surface area contributed by atoms with Gasteiger partial charge in [0.15, 0.2) is 0 Å². The van der Waals surface area contributed by atoms with Gasteiger partial charge in [0.2, 0.25) is 11.8 Å². The maximum atomic E-state index is 11.6. The fourth-order valence-electron chi connectivity index (χ4n) is 4.28. The van der Waals surface area contributed by atoms with Crippen LogP contribution in [0.5, 0.6) is 0 Å². The maximum Gasteiger partial charge on any atom is 0.397 e. The molecule has 0 aliphatic heterocycles. The van der Waals surface area contributed by atoms with Crippen LogP contribution in [0.4, 0.5) is 4.79 Å². The van der Waals surface area contributed by atoms with E-state index in [9.17, 15) is 32.4 Å². The van der Waals surface area contributed by atoms with Crippen LogP contribution >= 0.6 is 0 Å². The average molecular weight is 887 g/mol. The lowest BCUT2D eigenvalue weighted by molar-refractivity contribution is -0.140. The number of aliphatic carboxylic acids is 1. The zero-order valence-corrected chi connectivity index (χ0v) is 41.6. The highest BCUT2D eigenvalue weighted by molar-refractivity contribution is 7.80. The van der Waals surface area contributed by atoms with Gasteiger partial charge in [-0.05, 0) is 86.2 Å². The van der Waals surface area contributed by atoms with Crippen LogP contribution < -0.4 is 10.6 Å². The average Bonchev–Trinajstić information content (AvgIpc) is 3.17. The van der Waals surface area contributed by atoms with E-state index in [-0.39, 0.29) is 36.2 Å². The third-order valence-corrected chi connectivity index (χ3v) is 8.09. The van der Waals surface area contributed by atoms with E-state index in [0.29, 0.717) is 51.1 Å². The number of ether oxygens (including phenoxy) is 1. The van der Waals surface area contributed by atoms with E-state index in [0.717, 1.165) is 38.4 Å². The minimum Gasteiger partial charge on any atom is -0.481 e. The zero-order chi connectivity index (χ0) is 48.4. The smallest absolute Gasteiger partial charge is 0.397 e. The normalized spacial score (nSPS) is 10.7. The first-order valence-corrected chi connectivity index (χ1v) is 22.7. The number of carboxylic acids is 1. The highest BCUT2D eigenvalue weighted by atomic mass is 32.3. The van der Waals surface area contributed by atoms with Crippen molar-refractivity contribution in [3.63, 3.8) is 0 Å². The molecule has 0 saturated heterocycles. The van der Waals surface area contributed by atoms with Gasteiger partial charge in [0.1, 0.15) is 5.82 Å². The van der Waals surface area contributed by atoms with Crippen molar-refractivity contribution in [2.45, 2.75) is 147 Å². The summed E-state index contributed by atoms with van der Waals surface area (Å²) in [4.78, 5) is 61.2. The number of amides is 4. The molecule has 0 bridgehead atoms. The van der Waals surface area contributed by atoms with Crippen molar-refractivity contribution < 1.29 is 51.0 Å². The number of imide groups is 1. The number of methoxy groups -OCH3 is 1. The molecule has 0 aromatic heterocycles. The number of carbonyl (C=O) groups excluding carboxylic acids is 4. The Bertz CT molecular complexity index is 1190. The molecule has 18 heteroatoms. The standard InChI is InChI=1S/C12H25N3O.C11H23N3O2.C6H14O4S.C6H14.C4H8O2.C3H6O2/c1-6-12(16)15(7-2)11(3)13-9-8-10-14(4)5;1-5-10(15)14(11(16)12-6-2)9-7-8-13(3)4;1-4-6(5(2)3)10-11(7,8)9;1-4-5-6(2)3;1-3-4(5)6-2;1-2-3(4)5/h13H,3,6-10H2,1-2,4-5H3;5-9H2,1-4H3,(H,12,16);5-6H,4H2,1-3H3,(H,7,8,9);6H,4-5H2,1-3H3;3H2,1-2H3;2H2,1H3,(H,4,5)/t;;6-;;;/m..1.../s1. The number of esters is 1. The maximum absolute atomic E-state index is 11.6. The quantitative estimate of drug-likeness (QED) is 0.0495. The predicted octanol–water partition coefficient (Wildman–Crippen LogP) is 6.90. The Labute approximate surface area is 366 Å². The predicted molar refractivity (Wildman–Crippen MR) is 244 cm³/mol. The SMILES string of the molecule is C=C(NCCCN(C)C)N(CC)C(=O)CC.CCC(=O)O.CCC(=O)OC.CCCC(C)C.CCNC(=O)N(CCCN(C)C)C(=O)CC.CC[C@@H](OS(=O)(=O)O)C(C)C. The van der Waals surface area contributed by atoms with Gasteiger partial charge < -0.3 is 30.3 Å². The molecular formula is C42H90N6O11S. The number of carbonyl (C=O) groups is 5. The van der Waals surface area contributed by atoms with Crippen LogP contribution in [0.3, 0.4) is 0 Å². The molecule has 360 valence electrons. The minimum absolute atomic E-state index is 0.0851. The van der Waals surface area contributed by atoms with Crippen molar-refractivity contribution in [2.75, 3.05) is 74.6 Å². The lowest BCUT2D eigenvalue weighted by atomic mass is 10.1. The largest absolute Gasteiger partial charge is 0.481 e. The van der Waals surface area contributed by atoms with Crippen LogP contribution in [0.25, 0.3) is 0 Å². The van der Waals surface area contributed by atoms with Gasteiger partial charge in [-0.1, -0.05) is 88.7 Å². The Balaban J connectivity index is -0.000000154. The lowest BCUT2D eigenvalue weighted by Gasteiger charge is -2.23. The van der Waals surface area contributed by atoms with Crippen LogP contribution in [0.15, 0.2) is 12.4 Å². The first kappa shape index (κ1) is 68.4. The van der Waals surface area contributed by atoms with Crippen molar-refractivity contribution in [2.24, 2.45) is 11.8 Å². The summed E-state index contributed by atoms with van der Waals surface area (Å²) in [7, 11) is 5.14. The number of urea groups is 1. The molecule has 0 unspecified atom stereocenters. The molecule has 4 amide bonds. The fraction of sp³-hybridized carbons (Fsp3) is 0.833. The molecule has 0 spiro atoms. The van der Waals surface area contributed by atoms with Gasteiger partial charge in [-0.3, -0.25) is 33.5 Å². The Morgan fingerprint density at radius 1 is 0.717 bits per heavy atom. The molecule has 60 heavy (non-hydrogen) atoms. The molecule has 0 aromatic carbocycles. The van der Waals surface area contributed by atoms with Crippen LogP contribution in [-0.2, 0) is 38.5 Å². The Morgan fingerprint density at radius 3 is 1.43 bits per heavy atom. The second-order valence-corrected chi connectivity index (χ2v) is 15.5. The molecule has 0 fully saturated rings. The third-order valence-electron chi connectivity index (χ3n) is 7.60. The summed E-state index contributed by atoms with van der Waals surface area (Å²) in [5, 5.41) is 13.6. The van der Waals surface area contributed by atoms with Gasteiger partial charge in [0.25, 0.3) is 0 Å². The summed E-state index contributed by atoms with van der Waals surface area (Å²) >= 11 is 0. The first-order chi connectivity index (χ1) is 27.8. The summed E-state index contributed by atoms with van der Waals surface area (Å²) in [6, 6.07) is -0.284. The van der Waals surface area contributed by atoms with Crippen LogP contribution in [0.1, 0.15) is 141 Å². The van der Waals surface area contributed by atoms with Crippen molar-refractivity contribution in [3.05, 3.63) is 12.4 Å². The summed E-state index contributed by atoms with van der Waals surface area (Å²) in [6.45, 7) is 31.3. The van der Waals surface area contributed by atoms with Gasteiger partial charge in [0.05, 0.1) is 13.2 Å². The first-order valence-electron chi connectivity index (χ1n) is 21.3. The molecule has 1 atom stereocenters. The number of rotatable bonds is 22. The molecular weight excluding hydrogens is 797 g/mol. The molecule has 0 rings (SSSR count). The van der Waals surface area contributed by atoms with Gasteiger partial charge in [-0.15, -0.1) is 0 Å². The molecule has 0 aliphatic carbocycles. The van der Waals surface area contributed by atoms with Gasteiger partial charge in [-0.2, -0.15) is 8.42 Å². The summed E-state index contributed by atoms with van der Waals surface area (Å²) in [6.07, 6.45) is 6.27. The summed E-state index contributed by atoms with van der Waals surface area (Å²) < 4.78 is 37.4. The summed E-state index contributed by atoms with van der Waals surface area (Å²) in [5.41, 5.74) is 0. The monoisotopic (exact) mass is 887 g/mol. The van der Waals surface area contributed by atoms with E-state index in [1.54, 1.807) is 32.6 Å². The van der Waals surface area contributed by atoms with Crippen LogP contribution in [0, 0.1) is 11.8 Å². The van der Waals surface area contributed by atoms with E-state index in [2.05, 4.69) is 51.8 Å². The molecule has 0 saturated carbocycles. The van der Waals surface area contributed by atoms with Crippen molar-refractivity contribution in [1.29, 1.82) is 0 Å². The second kappa shape index (κ2) is 45.2. The van der Waals surface area contributed by atoms with E-state index >= 15 is 0 Å². The number of nitrogens with zero attached hydrogens (tertiary/aromatic N) is 4. The third kappa shape index (κ3) is 52.7. The van der Waals surface area contributed by atoms with Crippen LogP contribution in [-0.4, -0.2) is 148 Å². The van der Waals surface area contributed by atoms with Gasteiger partial charge in [-0.25, -0.2) is 8.98 Å². The fourth-order valence-corrected chi connectivity index (χ4v) is 4.95. The van der Waals surface area contributed by atoms with Crippen molar-refractivity contribution in [1.82, 2.24) is 30.2 Å². The lowest BCUT2D eigenvalue weighted by Crippen LogP contribution is -2.44. The van der Waals surface area contributed by atoms with E-state index in [4.69, 9.17) is 9.66 Å². The Hall–Kier alpha value is -3.32. The molecule has 0 heterocycles. The highest BCUT2D eigenvalue weighted by Crippen LogP contribution is 2.12. The van der Waals surface area contributed by atoms with Crippen molar-refractivity contribution >= 4 is 40.2 Å². The van der Waals surface area contributed by atoms with E-state index in [1.807, 2.05) is 67.7 Å². The molecule has 0 aliphatic rings. The van der Waals surface area contributed by atoms with Gasteiger partial charge >= 0.3 is 28.4 Å². The molecule has 4 N–H and O–H groups in total. The topological polar surface area (TPSA) is 215 Å². The number of hydrogen-bond acceptors (Lipinski definition) is 12. The molecule has 0 aromatic rings. The van der Waals surface area contributed by atoms with Gasteiger partial charge in [0, 0.05) is 51.9 Å². The molecule has 17 nitrogen and oxygen atoms in total. The Kier molecular flexibility index (Phi) is 51.6. The minimum atomic E-state index is -4.28. The number of nitrogens with one attached hydrogen (secondary N) is 2. The molecule has 0 radical (unpaired) electrons. The summed E-state index contributed by atoms with van der Waals surface area (Å²) in [5.74, 6) is 0.794.